The Hall–Kier alpha value is -0.800. The molecule has 0 bridgehead atoms. The van der Waals surface area contributed by atoms with Gasteiger partial charge in [0, 0.05) is 7.05 Å². The Morgan fingerprint density at radius 2 is 2.00 bits per heavy atom. The van der Waals surface area contributed by atoms with Crippen molar-refractivity contribution in [3.63, 3.8) is 0 Å². The smallest absolute Gasteiger partial charge is 0.170 e. The third kappa shape index (κ3) is 2.59. The normalized spacial score (nSPS) is 9.71. The van der Waals surface area contributed by atoms with E-state index >= 15 is 0 Å². The summed E-state index contributed by atoms with van der Waals surface area (Å²) in [4.78, 5) is 0. The Bertz CT molecular complexity index is 340. The molecule has 0 aliphatic rings. The average molecular weight is 229 g/mol. The van der Waals surface area contributed by atoms with Crippen LogP contribution in [-0.4, -0.2) is 12.2 Å². The maximum atomic E-state index is 6.09. The minimum atomic E-state index is 0.568. The first-order chi connectivity index (χ1) is 6.54. The number of hydrogen-bond donors (Lipinski definition) is 2. The molecule has 0 saturated carbocycles. The molecule has 0 amide bonds. The van der Waals surface area contributed by atoms with Crippen LogP contribution in [0.2, 0.25) is 5.02 Å². The van der Waals surface area contributed by atoms with Crippen LogP contribution in [0.3, 0.4) is 0 Å². The van der Waals surface area contributed by atoms with Gasteiger partial charge >= 0.3 is 0 Å². The molecule has 0 fully saturated rings. The van der Waals surface area contributed by atoms with Crippen LogP contribution < -0.4 is 10.6 Å². The van der Waals surface area contributed by atoms with Crippen molar-refractivity contribution >= 4 is 34.6 Å². The van der Waals surface area contributed by atoms with E-state index in [-0.39, 0.29) is 0 Å². The van der Waals surface area contributed by atoms with E-state index in [1.54, 1.807) is 7.05 Å². The summed E-state index contributed by atoms with van der Waals surface area (Å²) in [6.07, 6.45) is 0. The summed E-state index contributed by atoms with van der Waals surface area (Å²) in [7, 11) is 1.77. The van der Waals surface area contributed by atoms with E-state index in [4.69, 9.17) is 23.8 Å². The highest BCUT2D eigenvalue weighted by atomic mass is 35.5. The van der Waals surface area contributed by atoms with Crippen molar-refractivity contribution in [2.75, 3.05) is 12.4 Å². The van der Waals surface area contributed by atoms with Crippen LogP contribution in [0.15, 0.2) is 12.1 Å². The van der Waals surface area contributed by atoms with Gasteiger partial charge < -0.3 is 10.6 Å². The molecular weight excluding hydrogens is 216 g/mol. The fraction of sp³-hybridized carbons (Fsp3) is 0.300. The number of halogens is 1. The standard InChI is InChI=1S/C10H13ClN2S/c1-6-4-7(2)9(8(11)5-6)13-10(14)12-3/h4-5H,1-3H3,(H2,12,13,14). The van der Waals surface area contributed by atoms with Gasteiger partial charge in [-0.15, -0.1) is 0 Å². The van der Waals surface area contributed by atoms with Gasteiger partial charge in [0.05, 0.1) is 10.7 Å². The van der Waals surface area contributed by atoms with Crippen LogP contribution in [-0.2, 0) is 0 Å². The number of rotatable bonds is 1. The second-order valence-corrected chi connectivity index (χ2v) is 3.96. The topological polar surface area (TPSA) is 24.1 Å². The van der Waals surface area contributed by atoms with Crippen molar-refractivity contribution in [3.8, 4) is 0 Å². The second kappa shape index (κ2) is 4.62. The van der Waals surface area contributed by atoms with Crippen LogP contribution in [0.4, 0.5) is 5.69 Å². The van der Waals surface area contributed by atoms with Gasteiger partial charge in [0.25, 0.3) is 0 Å². The molecule has 1 rings (SSSR count). The lowest BCUT2D eigenvalue weighted by molar-refractivity contribution is 1.19. The lowest BCUT2D eigenvalue weighted by Crippen LogP contribution is -2.24. The third-order valence-electron chi connectivity index (χ3n) is 1.90. The quantitative estimate of drug-likeness (QED) is 0.723. The van der Waals surface area contributed by atoms with Crippen molar-refractivity contribution in [2.45, 2.75) is 13.8 Å². The van der Waals surface area contributed by atoms with Gasteiger partial charge in [0.1, 0.15) is 0 Å². The fourth-order valence-electron chi connectivity index (χ4n) is 1.25. The highest BCUT2D eigenvalue weighted by Gasteiger charge is 2.05. The van der Waals surface area contributed by atoms with E-state index in [9.17, 15) is 0 Å². The largest absolute Gasteiger partial charge is 0.366 e. The van der Waals surface area contributed by atoms with Crippen molar-refractivity contribution in [3.05, 3.63) is 28.3 Å². The lowest BCUT2D eigenvalue weighted by Gasteiger charge is -2.12. The Morgan fingerprint density at radius 1 is 1.36 bits per heavy atom. The monoisotopic (exact) mass is 228 g/mol. The molecule has 0 aliphatic carbocycles. The van der Waals surface area contributed by atoms with E-state index in [1.165, 1.54) is 0 Å². The van der Waals surface area contributed by atoms with Crippen molar-refractivity contribution in [1.82, 2.24) is 5.32 Å². The Morgan fingerprint density at radius 3 is 2.50 bits per heavy atom. The fourth-order valence-corrected chi connectivity index (χ4v) is 1.72. The molecule has 1 aromatic rings. The highest BCUT2D eigenvalue weighted by molar-refractivity contribution is 7.80. The van der Waals surface area contributed by atoms with E-state index in [0.29, 0.717) is 10.1 Å². The number of benzene rings is 1. The van der Waals surface area contributed by atoms with Crippen LogP contribution in [0.5, 0.6) is 0 Å². The molecule has 0 spiro atoms. The van der Waals surface area contributed by atoms with Crippen molar-refractivity contribution in [2.24, 2.45) is 0 Å². The molecule has 76 valence electrons. The molecule has 2 N–H and O–H groups in total. The molecule has 0 radical (unpaired) electrons. The van der Waals surface area contributed by atoms with Crippen LogP contribution >= 0.6 is 23.8 Å². The zero-order chi connectivity index (χ0) is 10.7. The zero-order valence-electron chi connectivity index (χ0n) is 8.44. The Labute approximate surface area is 94.7 Å². The van der Waals surface area contributed by atoms with Gasteiger partial charge in [-0.3, -0.25) is 0 Å². The average Bonchev–Trinajstić information content (AvgIpc) is 2.10. The van der Waals surface area contributed by atoms with Crippen molar-refractivity contribution < 1.29 is 0 Å². The Kier molecular flexibility index (Phi) is 3.72. The molecule has 0 heterocycles. The van der Waals surface area contributed by atoms with Crippen molar-refractivity contribution in [1.29, 1.82) is 0 Å². The molecule has 14 heavy (non-hydrogen) atoms. The molecule has 0 aliphatic heterocycles. The number of nitrogens with one attached hydrogen (secondary N) is 2. The molecule has 1 aromatic carbocycles. The number of anilines is 1. The van der Waals surface area contributed by atoms with Crippen LogP contribution in [0.1, 0.15) is 11.1 Å². The van der Waals surface area contributed by atoms with Gasteiger partial charge in [-0.25, -0.2) is 0 Å². The van der Waals surface area contributed by atoms with Gasteiger partial charge in [-0.05, 0) is 43.3 Å². The van der Waals surface area contributed by atoms with E-state index in [1.807, 2.05) is 19.9 Å². The summed E-state index contributed by atoms with van der Waals surface area (Å²) in [5.74, 6) is 0. The van der Waals surface area contributed by atoms with Crippen LogP contribution in [0, 0.1) is 13.8 Å². The van der Waals surface area contributed by atoms with E-state index in [0.717, 1.165) is 16.8 Å². The molecule has 2 nitrogen and oxygen atoms in total. The van der Waals surface area contributed by atoms with Gasteiger partial charge in [-0.1, -0.05) is 17.7 Å². The summed E-state index contributed by atoms with van der Waals surface area (Å²) < 4.78 is 0. The van der Waals surface area contributed by atoms with Gasteiger partial charge in [-0.2, -0.15) is 0 Å². The molecular formula is C10H13ClN2S. The predicted octanol–water partition coefficient (Wildman–Crippen LogP) is 2.87. The first-order valence-electron chi connectivity index (χ1n) is 4.30. The van der Waals surface area contributed by atoms with Crippen LogP contribution in [0.25, 0.3) is 0 Å². The number of hydrogen-bond acceptors (Lipinski definition) is 1. The van der Waals surface area contributed by atoms with Gasteiger partial charge in [0.2, 0.25) is 0 Å². The molecule has 0 atom stereocenters. The predicted molar refractivity (Wildman–Crippen MR) is 66.2 cm³/mol. The molecule has 0 saturated heterocycles. The third-order valence-corrected chi connectivity index (χ3v) is 2.50. The first kappa shape index (κ1) is 11.3. The second-order valence-electron chi connectivity index (χ2n) is 3.14. The maximum absolute atomic E-state index is 6.09. The summed E-state index contributed by atoms with van der Waals surface area (Å²) >= 11 is 11.1. The number of aryl methyl sites for hydroxylation is 2. The molecule has 0 aromatic heterocycles. The SMILES string of the molecule is CNC(=S)Nc1c(C)cc(C)cc1Cl. The summed E-state index contributed by atoms with van der Waals surface area (Å²) in [5, 5.41) is 7.15. The number of thiocarbonyl (C=S) groups is 1. The summed E-state index contributed by atoms with van der Waals surface area (Å²) in [6.45, 7) is 4.01. The highest BCUT2D eigenvalue weighted by Crippen LogP contribution is 2.27. The minimum absolute atomic E-state index is 0.568. The maximum Gasteiger partial charge on any atom is 0.170 e. The lowest BCUT2D eigenvalue weighted by atomic mass is 10.1. The Balaban J connectivity index is 3.02. The van der Waals surface area contributed by atoms with E-state index in [2.05, 4.69) is 16.7 Å². The zero-order valence-corrected chi connectivity index (χ0v) is 10.0. The van der Waals surface area contributed by atoms with Gasteiger partial charge in [0.15, 0.2) is 5.11 Å². The van der Waals surface area contributed by atoms with E-state index < -0.39 is 0 Å². The first-order valence-corrected chi connectivity index (χ1v) is 5.08. The molecule has 4 heteroatoms. The minimum Gasteiger partial charge on any atom is -0.366 e. The summed E-state index contributed by atoms with van der Waals surface area (Å²) in [6, 6.07) is 3.97. The molecule has 0 unspecified atom stereocenters. The summed E-state index contributed by atoms with van der Waals surface area (Å²) in [5.41, 5.74) is 3.11.